The molecule has 1 aromatic carbocycles. The summed E-state index contributed by atoms with van der Waals surface area (Å²) in [5.74, 6) is -0.419. The van der Waals surface area contributed by atoms with Gasteiger partial charge in [-0.2, -0.15) is 4.98 Å². The average Bonchev–Trinajstić information content (AvgIpc) is 2.82. The van der Waals surface area contributed by atoms with Gasteiger partial charge in [0.1, 0.15) is 12.3 Å². The fourth-order valence-electron chi connectivity index (χ4n) is 2.95. The maximum atomic E-state index is 12.5. The van der Waals surface area contributed by atoms with Crippen LogP contribution in [0.4, 0.5) is 11.6 Å². The molecule has 160 valence electrons. The number of nitrogens with one attached hydrogen (secondary N) is 3. The van der Waals surface area contributed by atoms with Crippen molar-refractivity contribution in [2.24, 2.45) is 0 Å². The molecule has 0 saturated heterocycles. The van der Waals surface area contributed by atoms with Crippen LogP contribution in [0.15, 0.2) is 59.7 Å². The fourth-order valence-corrected chi connectivity index (χ4v) is 2.95. The number of H-pyrrole nitrogens is 1. The summed E-state index contributed by atoms with van der Waals surface area (Å²) < 4.78 is 0. The van der Waals surface area contributed by atoms with E-state index in [-0.39, 0.29) is 17.1 Å². The maximum Gasteiger partial charge on any atom is 0.280 e. The number of nitrogens with zero attached hydrogens (tertiary/aromatic N) is 4. The number of carbonyl (C=O) groups excluding carboxylic acids is 2. The number of benzene rings is 1. The van der Waals surface area contributed by atoms with E-state index in [1.54, 1.807) is 48.7 Å². The van der Waals surface area contributed by atoms with Gasteiger partial charge in [-0.25, -0.2) is 9.97 Å². The summed E-state index contributed by atoms with van der Waals surface area (Å²) in [6.07, 6.45) is 3.69. The van der Waals surface area contributed by atoms with Crippen molar-refractivity contribution < 1.29 is 9.59 Å². The number of aldehydes is 1. The third-order valence-electron chi connectivity index (χ3n) is 4.54. The number of anilines is 2. The number of hydrogen-bond acceptors (Lipinski definition) is 9. The van der Waals surface area contributed by atoms with Gasteiger partial charge in [0.15, 0.2) is 11.2 Å². The molecular weight excluding hydrogens is 412 g/mol. The van der Waals surface area contributed by atoms with Crippen LogP contribution in [0.1, 0.15) is 27.8 Å². The van der Waals surface area contributed by atoms with Gasteiger partial charge < -0.3 is 21.2 Å². The topological polar surface area (TPSA) is 169 Å². The van der Waals surface area contributed by atoms with Crippen molar-refractivity contribution >= 4 is 35.0 Å². The summed E-state index contributed by atoms with van der Waals surface area (Å²) in [6, 6.07) is 11.0. The Kier molecular flexibility index (Phi) is 5.79. The molecule has 1 atom stereocenters. The highest BCUT2D eigenvalue weighted by Gasteiger charge is 2.16. The number of rotatable bonds is 7. The monoisotopic (exact) mass is 430 g/mol. The number of pyridine rings is 1. The summed E-state index contributed by atoms with van der Waals surface area (Å²) in [6.45, 7) is 0.297. The van der Waals surface area contributed by atoms with Crippen LogP contribution < -0.4 is 21.9 Å². The first kappa shape index (κ1) is 20.6. The van der Waals surface area contributed by atoms with Crippen LogP contribution in [0.25, 0.3) is 11.2 Å². The molecule has 4 rings (SSSR count). The molecule has 0 fully saturated rings. The van der Waals surface area contributed by atoms with Gasteiger partial charge in [-0.3, -0.25) is 19.6 Å². The van der Waals surface area contributed by atoms with Crippen molar-refractivity contribution in [3.05, 3.63) is 82.2 Å². The molecule has 4 aromatic rings. The molecule has 3 aromatic heterocycles. The van der Waals surface area contributed by atoms with Gasteiger partial charge in [0, 0.05) is 17.4 Å². The van der Waals surface area contributed by atoms with Gasteiger partial charge in [0.2, 0.25) is 5.95 Å². The third-order valence-corrected chi connectivity index (χ3v) is 4.54. The molecule has 0 aliphatic rings. The van der Waals surface area contributed by atoms with Crippen LogP contribution in [0.2, 0.25) is 0 Å². The van der Waals surface area contributed by atoms with Crippen molar-refractivity contribution in [2.45, 2.75) is 12.6 Å². The Morgan fingerprint density at radius 2 is 1.94 bits per heavy atom. The second-order valence-corrected chi connectivity index (χ2v) is 6.76. The second-order valence-electron chi connectivity index (χ2n) is 6.76. The lowest BCUT2D eigenvalue weighted by atomic mass is 10.1. The Bertz CT molecular complexity index is 1320. The Hall–Kier alpha value is -4.67. The first-order valence-electron chi connectivity index (χ1n) is 9.56. The van der Waals surface area contributed by atoms with Gasteiger partial charge >= 0.3 is 0 Å². The molecule has 0 bridgehead atoms. The van der Waals surface area contributed by atoms with E-state index in [4.69, 9.17) is 5.73 Å². The largest absolute Gasteiger partial charge is 0.379 e. The van der Waals surface area contributed by atoms with Gasteiger partial charge in [-0.05, 0) is 36.4 Å². The van der Waals surface area contributed by atoms with E-state index >= 15 is 0 Å². The van der Waals surface area contributed by atoms with Gasteiger partial charge in [-0.15, -0.1) is 0 Å². The molecule has 3 heterocycles. The van der Waals surface area contributed by atoms with E-state index in [0.717, 1.165) is 5.69 Å². The molecule has 0 saturated carbocycles. The molecule has 11 heteroatoms. The Labute approximate surface area is 181 Å². The zero-order valence-corrected chi connectivity index (χ0v) is 16.6. The van der Waals surface area contributed by atoms with Gasteiger partial charge in [0.05, 0.1) is 24.1 Å². The Morgan fingerprint density at radius 1 is 1.12 bits per heavy atom. The first-order chi connectivity index (χ1) is 15.5. The van der Waals surface area contributed by atoms with Gasteiger partial charge in [-0.1, -0.05) is 6.07 Å². The van der Waals surface area contributed by atoms with Crippen LogP contribution >= 0.6 is 0 Å². The van der Waals surface area contributed by atoms with E-state index in [9.17, 15) is 14.4 Å². The minimum absolute atomic E-state index is 0.0219. The van der Waals surface area contributed by atoms with Crippen molar-refractivity contribution in [1.82, 2.24) is 30.2 Å². The SMILES string of the molecule is Nc1nc2ncc(CNc3ccc(C(=O)NC(C=O)c4ccccn4)cc3)nc2c(=O)[nH]1. The molecule has 32 heavy (non-hydrogen) atoms. The highest BCUT2D eigenvalue weighted by molar-refractivity contribution is 5.96. The van der Waals surface area contributed by atoms with Crippen molar-refractivity contribution in [1.29, 1.82) is 0 Å². The standard InChI is InChI=1S/C21H18N8O3/c22-21-28-18-17(20(32)29-21)26-14(10-25-18)9-24-13-6-4-12(5-7-13)19(31)27-16(11-30)15-3-1-2-8-23-15/h1-8,10-11,16,24H,9H2,(H,27,31)(H3,22,25,28,29,32). The molecule has 0 radical (unpaired) electrons. The number of aromatic amines is 1. The van der Waals surface area contributed by atoms with Crippen molar-refractivity contribution in [3.63, 3.8) is 0 Å². The van der Waals surface area contributed by atoms with E-state index in [1.165, 1.54) is 6.20 Å². The van der Waals surface area contributed by atoms with Crippen molar-refractivity contribution in [3.8, 4) is 0 Å². The van der Waals surface area contributed by atoms with E-state index < -0.39 is 17.5 Å². The van der Waals surface area contributed by atoms with Gasteiger partial charge in [0.25, 0.3) is 11.5 Å². The predicted octanol–water partition coefficient (Wildman–Crippen LogP) is 0.972. The maximum absolute atomic E-state index is 12.5. The number of nitrogen functional groups attached to an aromatic ring is 1. The summed E-state index contributed by atoms with van der Waals surface area (Å²) in [4.78, 5) is 54.6. The molecule has 1 unspecified atom stereocenters. The normalized spacial score (nSPS) is 11.6. The van der Waals surface area contributed by atoms with Crippen LogP contribution in [-0.2, 0) is 11.3 Å². The number of carbonyl (C=O) groups is 2. The minimum Gasteiger partial charge on any atom is -0.379 e. The molecule has 1 amide bonds. The lowest BCUT2D eigenvalue weighted by Gasteiger charge is -2.12. The number of nitrogens with two attached hydrogens (primary N) is 1. The Balaban J connectivity index is 1.40. The molecule has 0 aliphatic heterocycles. The first-order valence-corrected chi connectivity index (χ1v) is 9.56. The summed E-state index contributed by atoms with van der Waals surface area (Å²) in [5.41, 5.74) is 7.41. The fraction of sp³-hybridized carbons (Fsp3) is 0.0952. The molecular formula is C21H18N8O3. The number of hydrogen-bond donors (Lipinski definition) is 4. The highest BCUT2D eigenvalue weighted by atomic mass is 16.2. The summed E-state index contributed by atoms with van der Waals surface area (Å²) in [5, 5.41) is 5.79. The number of fused-ring (bicyclic) bond motifs is 1. The smallest absolute Gasteiger partial charge is 0.280 e. The highest BCUT2D eigenvalue weighted by Crippen LogP contribution is 2.13. The van der Waals surface area contributed by atoms with E-state index in [1.807, 2.05) is 0 Å². The molecule has 5 N–H and O–H groups in total. The molecule has 11 nitrogen and oxygen atoms in total. The zero-order chi connectivity index (χ0) is 22.5. The second kappa shape index (κ2) is 9.00. The van der Waals surface area contributed by atoms with Crippen molar-refractivity contribution in [2.75, 3.05) is 11.1 Å². The predicted molar refractivity (Wildman–Crippen MR) is 117 cm³/mol. The number of aromatic nitrogens is 5. The molecule has 0 spiro atoms. The van der Waals surface area contributed by atoms with E-state index in [0.29, 0.717) is 29.8 Å². The van der Waals surface area contributed by atoms with Crippen LogP contribution in [0, 0.1) is 0 Å². The molecule has 0 aliphatic carbocycles. The lowest BCUT2D eigenvalue weighted by molar-refractivity contribution is -0.109. The minimum atomic E-state index is -0.832. The summed E-state index contributed by atoms with van der Waals surface area (Å²) in [7, 11) is 0. The summed E-state index contributed by atoms with van der Waals surface area (Å²) >= 11 is 0. The average molecular weight is 430 g/mol. The Morgan fingerprint density at radius 3 is 2.66 bits per heavy atom. The van der Waals surface area contributed by atoms with Crippen LogP contribution in [-0.4, -0.2) is 37.1 Å². The third kappa shape index (κ3) is 4.56. The quantitative estimate of drug-likeness (QED) is 0.312. The lowest BCUT2D eigenvalue weighted by Crippen LogP contribution is -2.30. The van der Waals surface area contributed by atoms with Crippen LogP contribution in [0.3, 0.4) is 0 Å². The van der Waals surface area contributed by atoms with Crippen LogP contribution in [0.5, 0.6) is 0 Å². The number of amides is 1. The van der Waals surface area contributed by atoms with E-state index in [2.05, 4.69) is 35.6 Å². The zero-order valence-electron chi connectivity index (χ0n) is 16.6.